The van der Waals surface area contributed by atoms with E-state index in [1.165, 1.54) is 87.9 Å². The fourth-order valence-electron chi connectivity index (χ4n) is 4.21. The van der Waals surface area contributed by atoms with E-state index in [0.717, 1.165) is 12.2 Å². The van der Waals surface area contributed by atoms with Crippen molar-refractivity contribution in [2.24, 2.45) is 0 Å². The van der Waals surface area contributed by atoms with E-state index in [0.29, 0.717) is 6.61 Å². The van der Waals surface area contributed by atoms with Crippen molar-refractivity contribution in [1.29, 1.82) is 0 Å². The normalized spacial score (nSPS) is 12.8. The minimum atomic E-state index is -1.60. The van der Waals surface area contributed by atoms with E-state index in [9.17, 15) is 0 Å². The van der Waals surface area contributed by atoms with Gasteiger partial charge in [0.05, 0.1) is 6.10 Å². The highest BCUT2D eigenvalue weighted by atomic mass is 28.4. The second-order valence-corrected chi connectivity index (χ2v) is 13.8. The van der Waals surface area contributed by atoms with Crippen LogP contribution in [0, 0.1) is 6.92 Å². The van der Waals surface area contributed by atoms with Crippen LogP contribution in [0.2, 0.25) is 18.1 Å². The van der Waals surface area contributed by atoms with Gasteiger partial charge in [0.15, 0.2) is 8.32 Å². The van der Waals surface area contributed by atoms with Crippen molar-refractivity contribution < 1.29 is 9.16 Å². The third-order valence-electron chi connectivity index (χ3n) is 6.69. The highest BCUT2D eigenvalue weighted by Crippen LogP contribution is 2.26. The topological polar surface area (TPSA) is 18.5 Å². The van der Waals surface area contributed by atoms with Gasteiger partial charge in [-0.2, -0.15) is 0 Å². The molecule has 0 saturated carbocycles. The molecule has 0 aromatic heterocycles. The summed E-state index contributed by atoms with van der Waals surface area (Å²) >= 11 is 0. The Morgan fingerprint density at radius 1 is 0.700 bits per heavy atom. The molecule has 1 unspecified atom stereocenters. The lowest BCUT2D eigenvalue weighted by Crippen LogP contribution is -2.41. The third kappa shape index (κ3) is 11.6. The molecule has 0 heterocycles. The van der Waals surface area contributed by atoms with Crippen LogP contribution in [0.25, 0.3) is 0 Å². The molecule has 1 atom stereocenters. The molecule has 3 heteroatoms. The molecule has 0 N–H and O–H groups in total. The molecular weight excluding hydrogens is 384 g/mol. The van der Waals surface area contributed by atoms with Crippen LogP contribution in [0.5, 0.6) is 5.75 Å². The van der Waals surface area contributed by atoms with Crippen molar-refractivity contribution in [3.8, 4) is 5.75 Å². The van der Waals surface area contributed by atoms with Gasteiger partial charge in [0, 0.05) is 0 Å². The Morgan fingerprint density at radius 3 is 1.70 bits per heavy atom. The molecule has 1 aromatic rings. The van der Waals surface area contributed by atoms with Gasteiger partial charge < -0.3 is 9.16 Å². The van der Waals surface area contributed by atoms with E-state index >= 15 is 0 Å². The number of hydrogen-bond donors (Lipinski definition) is 0. The number of unbranched alkanes of at least 4 members (excludes halogenated alkanes) is 9. The average molecular weight is 435 g/mol. The third-order valence-corrected chi connectivity index (χ3v) is 11.4. The van der Waals surface area contributed by atoms with Gasteiger partial charge >= 0.3 is 0 Å². The fraction of sp³-hybridized carbons (Fsp3) is 0.778. The number of hydrogen-bond acceptors (Lipinski definition) is 2. The monoisotopic (exact) mass is 434 g/mol. The molecule has 0 aliphatic rings. The molecule has 0 fully saturated rings. The summed E-state index contributed by atoms with van der Waals surface area (Å²) in [5.74, 6) is 0.967. The summed E-state index contributed by atoms with van der Waals surface area (Å²) < 4.78 is 13.0. The lowest BCUT2D eigenvalue weighted by Gasteiger charge is -2.33. The predicted octanol–water partition coefficient (Wildman–Crippen LogP) is 9.08. The SMILES string of the molecule is CCCCCCCCCCCCC(COc1ccc(C)cc1)O[Si](CC)(CC)CC. The van der Waals surface area contributed by atoms with Gasteiger partial charge in [-0.1, -0.05) is 110 Å². The zero-order chi connectivity index (χ0) is 22.1. The Balaban J connectivity index is 2.40. The minimum absolute atomic E-state index is 0.242. The van der Waals surface area contributed by atoms with Crippen molar-refractivity contribution in [3.63, 3.8) is 0 Å². The largest absolute Gasteiger partial charge is 0.491 e. The molecular formula is C27H50O2Si. The molecule has 174 valence electrons. The molecule has 2 nitrogen and oxygen atoms in total. The molecule has 0 spiro atoms. The summed E-state index contributed by atoms with van der Waals surface area (Å²) in [6, 6.07) is 12.0. The van der Waals surface area contributed by atoms with Crippen LogP contribution in [0.4, 0.5) is 0 Å². The van der Waals surface area contributed by atoms with Crippen molar-refractivity contribution in [3.05, 3.63) is 29.8 Å². The van der Waals surface area contributed by atoms with E-state index in [1.54, 1.807) is 0 Å². The zero-order valence-electron chi connectivity index (χ0n) is 20.8. The van der Waals surface area contributed by atoms with Gasteiger partial charge in [-0.25, -0.2) is 0 Å². The smallest absolute Gasteiger partial charge is 0.192 e. The molecule has 0 amide bonds. The van der Waals surface area contributed by atoms with Crippen LogP contribution < -0.4 is 4.74 Å². The maximum absolute atomic E-state index is 6.83. The lowest BCUT2D eigenvalue weighted by atomic mass is 10.0. The zero-order valence-corrected chi connectivity index (χ0v) is 21.8. The van der Waals surface area contributed by atoms with Gasteiger partial charge in [0.25, 0.3) is 0 Å². The summed E-state index contributed by atoms with van der Waals surface area (Å²) in [6.45, 7) is 12.0. The van der Waals surface area contributed by atoms with Crippen molar-refractivity contribution in [1.82, 2.24) is 0 Å². The standard InChI is InChI=1S/C27H50O2Si/c1-6-10-11-12-13-14-15-16-17-18-19-27(29-30(7-2,8-3)9-4)24-28-26-22-20-25(5)21-23-26/h20-23,27H,6-19,24H2,1-5H3. The van der Waals surface area contributed by atoms with E-state index in [-0.39, 0.29) is 6.10 Å². The van der Waals surface area contributed by atoms with Gasteiger partial charge in [-0.15, -0.1) is 0 Å². The number of rotatable bonds is 19. The molecule has 0 bridgehead atoms. The Bertz CT molecular complexity index is 502. The highest BCUT2D eigenvalue weighted by Gasteiger charge is 2.32. The van der Waals surface area contributed by atoms with E-state index in [4.69, 9.17) is 9.16 Å². The van der Waals surface area contributed by atoms with Gasteiger partial charge in [0.2, 0.25) is 0 Å². The molecule has 0 aliphatic heterocycles. The minimum Gasteiger partial charge on any atom is -0.491 e. The summed E-state index contributed by atoms with van der Waals surface area (Å²) in [6.07, 6.45) is 15.2. The van der Waals surface area contributed by atoms with Crippen LogP contribution in [0.1, 0.15) is 104 Å². The van der Waals surface area contributed by atoms with Gasteiger partial charge in [0.1, 0.15) is 12.4 Å². The van der Waals surface area contributed by atoms with Gasteiger partial charge in [-0.3, -0.25) is 0 Å². The quantitative estimate of drug-likeness (QED) is 0.160. The Labute approximate surface area is 189 Å². The number of ether oxygens (including phenoxy) is 1. The first kappa shape index (κ1) is 27.2. The van der Waals surface area contributed by atoms with E-state index in [2.05, 4.69) is 58.9 Å². The molecule has 1 rings (SSSR count). The first-order valence-electron chi connectivity index (χ1n) is 13.0. The maximum atomic E-state index is 6.83. The average Bonchev–Trinajstić information content (AvgIpc) is 2.77. The summed E-state index contributed by atoms with van der Waals surface area (Å²) in [5, 5.41) is 0. The first-order chi connectivity index (χ1) is 14.6. The van der Waals surface area contributed by atoms with Crippen LogP contribution in [-0.2, 0) is 4.43 Å². The summed E-state index contributed by atoms with van der Waals surface area (Å²) in [5.41, 5.74) is 1.27. The van der Waals surface area contributed by atoms with Crippen molar-refractivity contribution >= 4 is 8.32 Å². The van der Waals surface area contributed by atoms with Crippen molar-refractivity contribution in [2.75, 3.05) is 6.61 Å². The van der Waals surface area contributed by atoms with Crippen LogP contribution in [-0.4, -0.2) is 21.0 Å². The molecule has 0 saturated heterocycles. The fourth-order valence-corrected chi connectivity index (χ4v) is 7.11. The maximum Gasteiger partial charge on any atom is 0.192 e. The first-order valence-corrected chi connectivity index (χ1v) is 15.5. The Kier molecular flexibility index (Phi) is 15.3. The second-order valence-electron chi connectivity index (χ2n) is 9.08. The summed E-state index contributed by atoms with van der Waals surface area (Å²) in [4.78, 5) is 0. The number of aryl methyl sites for hydroxylation is 1. The number of benzene rings is 1. The molecule has 0 radical (unpaired) electrons. The Morgan fingerprint density at radius 2 is 1.20 bits per heavy atom. The van der Waals surface area contributed by atoms with Crippen LogP contribution >= 0.6 is 0 Å². The second kappa shape index (κ2) is 16.8. The van der Waals surface area contributed by atoms with Crippen molar-refractivity contribution in [2.45, 2.75) is 129 Å². The molecule has 0 aliphatic carbocycles. The van der Waals surface area contributed by atoms with E-state index in [1.807, 2.05) is 0 Å². The predicted molar refractivity (Wildman–Crippen MR) is 135 cm³/mol. The Hall–Kier alpha value is -0.803. The van der Waals surface area contributed by atoms with Crippen LogP contribution in [0.15, 0.2) is 24.3 Å². The van der Waals surface area contributed by atoms with E-state index < -0.39 is 8.32 Å². The lowest BCUT2D eigenvalue weighted by molar-refractivity contribution is 0.108. The molecule has 30 heavy (non-hydrogen) atoms. The molecule has 1 aromatic carbocycles. The highest BCUT2D eigenvalue weighted by molar-refractivity contribution is 6.73. The van der Waals surface area contributed by atoms with Gasteiger partial charge in [-0.05, 0) is 43.6 Å². The summed E-state index contributed by atoms with van der Waals surface area (Å²) in [7, 11) is -1.60. The van der Waals surface area contributed by atoms with Crippen LogP contribution in [0.3, 0.4) is 0 Å².